The van der Waals surface area contributed by atoms with Gasteiger partial charge in [-0.25, -0.2) is 0 Å². The fourth-order valence-corrected chi connectivity index (χ4v) is 4.81. The monoisotopic (exact) mass is 418 g/mol. The van der Waals surface area contributed by atoms with Crippen LogP contribution in [0.3, 0.4) is 0 Å². The molecule has 5 heteroatoms. The number of nitrogens with zero attached hydrogens (tertiary/aromatic N) is 1. The minimum atomic E-state index is -0.0415. The highest BCUT2D eigenvalue weighted by Crippen LogP contribution is 2.32. The van der Waals surface area contributed by atoms with E-state index in [-0.39, 0.29) is 18.1 Å². The van der Waals surface area contributed by atoms with Crippen LogP contribution in [-0.2, 0) is 11.2 Å². The van der Waals surface area contributed by atoms with Crippen molar-refractivity contribution in [2.75, 3.05) is 13.1 Å². The molecule has 0 aromatic heterocycles. The van der Waals surface area contributed by atoms with Crippen molar-refractivity contribution < 1.29 is 14.3 Å². The molecule has 1 unspecified atom stereocenters. The number of nitrogens with one attached hydrogen (secondary N) is 1. The van der Waals surface area contributed by atoms with Gasteiger partial charge < -0.3 is 15.0 Å². The van der Waals surface area contributed by atoms with E-state index in [9.17, 15) is 9.59 Å². The molecule has 1 heterocycles. The lowest BCUT2D eigenvalue weighted by molar-refractivity contribution is -0.134. The number of carbonyl (C=O) groups excluding carboxylic acids is 2. The van der Waals surface area contributed by atoms with E-state index in [1.807, 2.05) is 35.2 Å². The largest absolute Gasteiger partial charge is 0.490 e. The average molecular weight is 419 g/mol. The van der Waals surface area contributed by atoms with Gasteiger partial charge in [-0.05, 0) is 67.5 Å². The van der Waals surface area contributed by atoms with E-state index in [1.54, 1.807) is 0 Å². The molecular formula is C26H30N2O3. The Labute approximate surface area is 183 Å². The SMILES string of the molecule is O=C(NC1CCCc2ccccc21)c1ccc(OC2CCN(C(=O)C3CC3)CC2)cc1. The van der Waals surface area contributed by atoms with E-state index in [0.29, 0.717) is 17.4 Å². The quantitative estimate of drug-likeness (QED) is 0.789. The summed E-state index contributed by atoms with van der Waals surface area (Å²) < 4.78 is 6.12. The maximum absolute atomic E-state index is 12.8. The zero-order chi connectivity index (χ0) is 21.2. The normalized spacial score (nSPS) is 21.3. The number of fused-ring (bicyclic) bond motifs is 1. The van der Waals surface area contributed by atoms with Crippen molar-refractivity contribution in [1.29, 1.82) is 0 Å². The number of likely N-dealkylation sites (tertiary alicyclic amines) is 1. The number of hydrogen-bond acceptors (Lipinski definition) is 3. The lowest BCUT2D eigenvalue weighted by Crippen LogP contribution is -2.42. The van der Waals surface area contributed by atoms with Crippen molar-refractivity contribution >= 4 is 11.8 Å². The summed E-state index contributed by atoms with van der Waals surface area (Å²) in [5.74, 6) is 1.36. The van der Waals surface area contributed by atoms with E-state index >= 15 is 0 Å². The van der Waals surface area contributed by atoms with Gasteiger partial charge in [0.25, 0.3) is 5.91 Å². The van der Waals surface area contributed by atoms with Crippen LogP contribution in [0.25, 0.3) is 0 Å². The molecule has 1 aliphatic heterocycles. The first-order valence-electron chi connectivity index (χ1n) is 11.6. The number of carbonyl (C=O) groups is 2. The molecule has 2 aromatic rings. The van der Waals surface area contributed by atoms with Gasteiger partial charge in [0.15, 0.2) is 0 Å². The number of hydrogen-bond donors (Lipinski definition) is 1. The molecule has 1 saturated heterocycles. The van der Waals surface area contributed by atoms with E-state index < -0.39 is 0 Å². The lowest BCUT2D eigenvalue weighted by atomic mass is 9.87. The molecule has 3 aliphatic rings. The summed E-state index contributed by atoms with van der Waals surface area (Å²) in [7, 11) is 0. The first kappa shape index (κ1) is 20.1. The van der Waals surface area contributed by atoms with E-state index in [4.69, 9.17) is 4.74 Å². The molecular weight excluding hydrogens is 388 g/mol. The van der Waals surface area contributed by atoms with Gasteiger partial charge in [-0.1, -0.05) is 24.3 Å². The molecule has 1 saturated carbocycles. The van der Waals surface area contributed by atoms with Crippen LogP contribution in [0.2, 0.25) is 0 Å². The Morgan fingerprint density at radius 2 is 1.65 bits per heavy atom. The first-order valence-corrected chi connectivity index (χ1v) is 11.6. The van der Waals surface area contributed by atoms with Gasteiger partial charge in [-0.2, -0.15) is 0 Å². The molecule has 2 aromatic carbocycles. The Morgan fingerprint density at radius 3 is 2.39 bits per heavy atom. The van der Waals surface area contributed by atoms with Crippen LogP contribution in [0.4, 0.5) is 0 Å². The van der Waals surface area contributed by atoms with Crippen molar-refractivity contribution in [1.82, 2.24) is 10.2 Å². The number of rotatable bonds is 5. The standard InChI is InChI=1S/C26H30N2O3/c29-25(27-24-7-3-5-18-4-1-2-6-23(18)24)19-10-12-21(13-11-19)31-22-14-16-28(17-15-22)26(30)20-8-9-20/h1-2,4,6,10-13,20,22,24H,3,5,7-9,14-17H2,(H,27,29). The molecule has 0 bridgehead atoms. The molecule has 2 amide bonds. The maximum atomic E-state index is 12.8. The third-order valence-corrected chi connectivity index (χ3v) is 6.77. The van der Waals surface area contributed by atoms with Gasteiger partial charge in [-0.15, -0.1) is 0 Å². The molecule has 31 heavy (non-hydrogen) atoms. The third kappa shape index (κ3) is 4.60. The number of ether oxygens (including phenoxy) is 1. The summed E-state index contributed by atoms with van der Waals surface area (Å²) >= 11 is 0. The van der Waals surface area contributed by atoms with Crippen molar-refractivity contribution in [2.45, 2.75) is 57.1 Å². The van der Waals surface area contributed by atoms with Crippen LogP contribution in [0.1, 0.15) is 66.1 Å². The number of benzene rings is 2. The van der Waals surface area contributed by atoms with Gasteiger partial charge in [0.2, 0.25) is 5.91 Å². The van der Waals surface area contributed by atoms with E-state index in [0.717, 1.165) is 63.8 Å². The van der Waals surface area contributed by atoms with Gasteiger partial charge in [0.05, 0.1) is 6.04 Å². The van der Waals surface area contributed by atoms with Crippen LogP contribution in [0.5, 0.6) is 5.75 Å². The second-order valence-corrected chi connectivity index (χ2v) is 9.06. The maximum Gasteiger partial charge on any atom is 0.251 e. The molecule has 0 spiro atoms. The Morgan fingerprint density at radius 1 is 0.903 bits per heavy atom. The fraction of sp³-hybridized carbons (Fsp3) is 0.462. The Hall–Kier alpha value is -2.82. The topological polar surface area (TPSA) is 58.6 Å². The fourth-order valence-electron chi connectivity index (χ4n) is 4.81. The second kappa shape index (κ2) is 8.74. The summed E-state index contributed by atoms with van der Waals surface area (Å²) in [6, 6.07) is 15.9. The van der Waals surface area contributed by atoms with Gasteiger partial charge in [0.1, 0.15) is 11.9 Å². The van der Waals surface area contributed by atoms with E-state index in [2.05, 4.69) is 23.5 Å². The highest BCUT2D eigenvalue weighted by Gasteiger charge is 2.35. The summed E-state index contributed by atoms with van der Waals surface area (Å²) in [5, 5.41) is 3.20. The molecule has 5 rings (SSSR count). The zero-order valence-electron chi connectivity index (χ0n) is 17.9. The highest BCUT2D eigenvalue weighted by molar-refractivity contribution is 5.94. The summed E-state index contributed by atoms with van der Waals surface area (Å²) in [4.78, 5) is 27.0. The molecule has 2 fully saturated rings. The lowest BCUT2D eigenvalue weighted by Gasteiger charge is -2.32. The minimum Gasteiger partial charge on any atom is -0.490 e. The molecule has 1 N–H and O–H groups in total. The average Bonchev–Trinajstić information content (AvgIpc) is 3.65. The number of piperidine rings is 1. The third-order valence-electron chi connectivity index (χ3n) is 6.77. The zero-order valence-corrected chi connectivity index (χ0v) is 17.9. The predicted molar refractivity (Wildman–Crippen MR) is 119 cm³/mol. The molecule has 1 atom stereocenters. The summed E-state index contributed by atoms with van der Waals surface area (Å²) in [5.41, 5.74) is 3.24. The Kier molecular flexibility index (Phi) is 5.66. The van der Waals surface area contributed by atoms with Crippen LogP contribution < -0.4 is 10.1 Å². The van der Waals surface area contributed by atoms with Crippen molar-refractivity contribution in [3.63, 3.8) is 0 Å². The molecule has 5 nitrogen and oxygen atoms in total. The van der Waals surface area contributed by atoms with Crippen molar-refractivity contribution in [2.24, 2.45) is 5.92 Å². The van der Waals surface area contributed by atoms with Gasteiger partial charge in [0, 0.05) is 37.4 Å². The van der Waals surface area contributed by atoms with Gasteiger partial charge >= 0.3 is 0 Å². The van der Waals surface area contributed by atoms with E-state index in [1.165, 1.54) is 11.1 Å². The molecule has 2 aliphatic carbocycles. The highest BCUT2D eigenvalue weighted by atomic mass is 16.5. The van der Waals surface area contributed by atoms with Crippen molar-refractivity contribution in [3.8, 4) is 5.75 Å². The van der Waals surface area contributed by atoms with Crippen LogP contribution in [0.15, 0.2) is 48.5 Å². The Balaban J connectivity index is 1.14. The van der Waals surface area contributed by atoms with Crippen molar-refractivity contribution in [3.05, 3.63) is 65.2 Å². The predicted octanol–water partition coefficient (Wildman–Crippen LogP) is 4.27. The summed E-state index contributed by atoms with van der Waals surface area (Å²) in [6.45, 7) is 1.56. The van der Waals surface area contributed by atoms with Crippen LogP contribution in [-0.4, -0.2) is 35.9 Å². The van der Waals surface area contributed by atoms with Gasteiger partial charge in [-0.3, -0.25) is 9.59 Å². The first-order chi connectivity index (χ1) is 15.2. The molecule has 162 valence electrons. The molecule has 0 radical (unpaired) electrons. The van der Waals surface area contributed by atoms with Crippen LogP contribution in [0, 0.1) is 5.92 Å². The smallest absolute Gasteiger partial charge is 0.251 e. The number of amides is 2. The number of aryl methyl sites for hydroxylation is 1. The minimum absolute atomic E-state index is 0.0415. The Bertz CT molecular complexity index is 943. The second-order valence-electron chi connectivity index (χ2n) is 9.06. The van der Waals surface area contributed by atoms with Crippen LogP contribution >= 0.6 is 0 Å². The summed E-state index contributed by atoms with van der Waals surface area (Å²) in [6.07, 6.45) is 7.13.